The topological polar surface area (TPSA) is 105 Å². The van der Waals surface area contributed by atoms with E-state index < -0.39 is 30.7 Å². The van der Waals surface area contributed by atoms with Gasteiger partial charge in [-0.1, -0.05) is 121 Å². The molecule has 1 aliphatic heterocycles. The maximum absolute atomic E-state index is 12.6. The van der Waals surface area contributed by atoms with Gasteiger partial charge in [-0.3, -0.25) is 4.79 Å². The lowest BCUT2D eigenvalue weighted by atomic mass is 9.47. The minimum atomic E-state index is -1.45. The summed E-state index contributed by atoms with van der Waals surface area (Å²) in [6.07, 6.45) is 28.8. The molecule has 1 heterocycles. The third-order valence-electron chi connectivity index (χ3n) is 16.0. The summed E-state index contributed by atoms with van der Waals surface area (Å²) in [5, 5.41) is 32.5. The lowest BCUT2D eigenvalue weighted by Crippen LogP contribution is -2.60. The van der Waals surface area contributed by atoms with Crippen molar-refractivity contribution in [1.82, 2.24) is 0 Å². The van der Waals surface area contributed by atoms with E-state index >= 15 is 0 Å². The van der Waals surface area contributed by atoms with E-state index in [2.05, 4.69) is 78.5 Å². The number of hydrogen-bond donors (Lipinski definition) is 3. The molecule has 4 aliphatic carbocycles. The van der Waals surface area contributed by atoms with E-state index in [1.807, 2.05) is 0 Å². The zero-order chi connectivity index (χ0) is 41.9. The molecule has 5 rings (SSSR count). The molecule has 7 nitrogen and oxygen atoms in total. The van der Waals surface area contributed by atoms with Crippen molar-refractivity contribution in [3.63, 3.8) is 0 Å². The summed E-state index contributed by atoms with van der Waals surface area (Å²) < 4.78 is 18.0. The van der Waals surface area contributed by atoms with E-state index in [-0.39, 0.29) is 24.1 Å². The van der Waals surface area contributed by atoms with Crippen molar-refractivity contribution in [2.45, 2.75) is 213 Å². The molecule has 0 aromatic rings. The first-order valence-electron chi connectivity index (χ1n) is 24.0. The SMILES string of the molecule is C=C(C)[C@H](/C=C/[C@@H](C)[C@H]1CC[C@H]2[C@@H]3CC=C4C[C@@H](O[C@@H]5O[C@H](COC(=O)CCCCCCC/C=C/CCCCCC)[C@@H](O)[C@H](O)[C@H]5O)CC[C@]4(C)[C@H]3CC[C@]12C)CC. The summed E-state index contributed by atoms with van der Waals surface area (Å²) in [7, 11) is 0. The van der Waals surface area contributed by atoms with Crippen LogP contribution in [-0.4, -0.2) is 64.7 Å². The van der Waals surface area contributed by atoms with Gasteiger partial charge in [-0.2, -0.15) is 0 Å². The molecule has 0 radical (unpaired) electrons. The van der Waals surface area contributed by atoms with Crippen molar-refractivity contribution in [3.8, 4) is 0 Å². The van der Waals surface area contributed by atoms with Crippen molar-refractivity contribution in [2.75, 3.05) is 6.61 Å². The number of aliphatic hydroxyl groups is 3. The van der Waals surface area contributed by atoms with Crippen LogP contribution in [0, 0.1) is 46.3 Å². The Morgan fingerprint density at radius 1 is 0.897 bits per heavy atom. The van der Waals surface area contributed by atoms with Crippen molar-refractivity contribution < 1.29 is 34.3 Å². The summed E-state index contributed by atoms with van der Waals surface area (Å²) in [4.78, 5) is 12.6. The van der Waals surface area contributed by atoms with E-state index in [4.69, 9.17) is 14.2 Å². The van der Waals surface area contributed by atoms with Crippen LogP contribution in [0.3, 0.4) is 0 Å². The molecule has 58 heavy (non-hydrogen) atoms. The van der Waals surface area contributed by atoms with Crippen LogP contribution < -0.4 is 0 Å². The van der Waals surface area contributed by atoms with Gasteiger partial charge < -0.3 is 29.5 Å². The van der Waals surface area contributed by atoms with Gasteiger partial charge in [0.15, 0.2) is 6.29 Å². The summed E-state index contributed by atoms with van der Waals surface area (Å²) in [5.41, 5.74) is 3.26. The quantitative estimate of drug-likeness (QED) is 0.0568. The van der Waals surface area contributed by atoms with Gasteiger partial charge >= 0.3 is 5.97 Å². The number of unbranched alkanes of at least 4 members (excludes halogenated alkanes) is 9. The van der Waals surface area contributed by atoms with Crippen LogP contribution in [0.1, 0.15) is 176 Å². The Kier molecular flexibility index (Phi) is 18.2. The monoisotopic (exact) mass is 809 g/mol. The molecule has 3 saturated carbocycles. The van der Waals surface area contributed by atoms with Crippen LogP contribution in [0.5, 0.6) is 0 Å². The highest BCUT2D eigenvalue weighted by molar-refractivity contribution is 5.69. The summed E-state index contributed by atoms with van der Waals surface area (Å²) >= 11 is 0. The minimum absolute atomic E-state index is 0.145. The van der Waals surface area contributed by atoms with Gasteiger partial charge in [-0.25, -0.2) is 0 Å². The number of esters is 1. The second-order valence-corrected chi connectivity index (χ2v) is 19.9. The van der Waals surface area contributed by atoms with Crippen LogP contribution in [0.2, 0.25) is 0 Å². The largest absolute Gasteiger partial charge is 0.463 e. The lowest BCUT2D eigenvalue weighted by Gasteiger charge is -2.58. The lowest BCUT2D eigenvalue weighted by molar-refractivity contribution is -0.313. The molecule has 14 atom stereocenters. The molecular formula is C51H84O7. The molecule has 330 valence electrons. The fourth-order valence-corrected chi connectivity index (χ4v) is 12.3. The maximum Gasteiger partial charge on any atom is 0.305 e. The third-order valence-corrected chi connectivity index (χ3v) is 16.0. The molecule has 0 spiro atoms. The fourth-order valence-electron chi connectivity index (χ4n) is 12.3. The predicted octanol–water partition coefficient (Wildman–Crippen LogP) is 11.4. The van der Waals surface area contributed by atoms with E-state index in [1.165, 1.54) is 75.4 Å². The van der Waals surface area contributed by atoms with Crippen LogP contribution in [0.25, 0.3) is 0 Å². The minimum Gasteiger partial charge on any atom is -0.463 e. The molecule has 0 bridgehead atoms. The zero-order valence-corrected chi connectivity index (χ0v) is 37.6. The number of carbonyl (C=O) groups is 1. The van der Waals surface area contributed by atoms with E-state index in [0.717, 1.165) is 82.0 Å². The Balaban J connectivity index is 1.06. The predicted molar refractivity (Wildman–Crippen MR) is 235 cm³/mol. The molecule has 1 saturated heterocycles. The normalized spacial score (nSPS) is 37.2. The standard InChI is InChI=1S/C51H84O7/c1-8-10-11-12-13-14-15-16-17-18-19-20-21-22-45(52)56-34-44-46(53)47(54)48(55)49(58-44)57-39-29-31-50(6)38(33-39)25-26-40-42-28-27-41(51(42,7)32-30-43(40)50)36(5)23-24-37(9-2)35(3)4/h14-15,23-25,36-37,39-44,46-49,53-55H,3,8-13,16-22,26-34H2,1-2,4-7H3/b15-14+,24-23+/t36-,37+,39+,40+,41-,42+,43+,44-,46-,47+,48-,49-,50+,51-/m1/s1. The van der Waals surface area contributed by atoms with E-state index in [1.54, 1.807) is 0 Å². The third kappa shape index (κ3) is 11.6. The molecular weight excluding hydrogens is 725 g/mol. The number of rotatable bonds is 22. The fraction of sp³-hybridized carbons (Fsp3) is 0.824. The molecule has 4 fully saturated rings. The second-order valence-electron chi connectivity index (χ2n) is 19.9. The number of fused-ring (bicyclic) bond motifs is 5. The average molecular weight is 809 g/mol. The van der Waals surface area contributed by atoms with Gasteiger partial charge in [-0.05, 0) is 143 Å². The van der Waals surface area contributed by atoms with Gasteiger partial charge in [0, 0.05) is 6.42 Å². The number of allylic oxidation sites excluding steroid dienone is 6. The molecule has 7 heteroatoms. The van der Waals surface area contributed by atoms with Crippen LogP contribution >= 0.6 is 0 Å². The van der Waals surface area contributed by atoms with Gasteiger partial charge in [0.2, 0.25) is 0 Å². The first kappa shape index (κ1) is 47.3. The average Bonchev–Trinajstić information content (AvgIpc) is 3.56. The Labute approximate surface area is 353 Å². The molecule has 0 unspecified atom stereocenters. The number of aliphatic hydroxyl groups excluding tert-OH is 3. The summed E-state index contributed by atoms with van der Waals surface area (Å²) in [6.45, 7) is 18.3. The highest BCUT2D eigenvalue weighted by Crippen LogP contribution is 2.67. The van der Waals surface area contributed by atoms with Crippen molar-refractivity contribution >= 4 is 5.97 Å². The Morgan fingerprint density at radius 2 is 1.60 bits per heavy atom. The van der Waals surface area contributed by atoms with Gasteiger partial charge in [0.1, 0.15) is 31.0 Å². The molecule has 0 amide bonds. The zero-order valence-electron chi connectivity index (χ0n) is 37.6. The Hall–Kier alpha value is -1.77. The van der Waals surface area contributed by atoms with Gasteiger partial charge in [0.05, 0.1) is 6.10 Å². The first-order chi connectivity index (χ1) is 27.8. The second kappa shape index (κ2) is 22.4. The maximum atomic E-state index is 12.6. The van der Waals surface area contributed by atoms with Crippen LogP contribution in [-0.2, 0) is 19.0 Å². The van der Waals surface area contributed by atoms with Crippen LogP contribution in [0.4, 0.5) is 0 Å². The van der Waals surface area contributed by atoms with Crippen LogP contribution in [0.15, 0.2) is 48.1 Å². The summed E-state index contributed by atoms with van der Waals surface area (Å²) in [6, 6.07) is 0. The van der Waals surface area contributed by atoms with E-state index in [9.17, 15) is 20.1 Å². The van der Waals surface area contributed by atoms with Crippen molar-refractivity contribution in [3.05, 3.63) is 48.1 Å². The highest BCUT2D eigenvalue weighted by atomic mass is 16.7. The van der Waals surface area contributed by atoms with Gasteiger partial charge in [0.25, 0.3) is 0 Å². The molecule has 0 aromatic heterocycles. The number of ether oxygens (including phenoxy) is 3. The number of carbonyl (C=O) groups excluding carboxylic acids is 1. The Bertz CT molecular complexity index is 1390. The van der Waals surface area contributed by atoms with Crippen molar-refractivity contribution in [2.24, 2.45) is 46.3 Å². The van der Waals surface area contributed by atoms with E-state index in [0.29, 0.717) is 29.6 Å². The molecule has 3 N–H and O–H groups in total. The Morgan fingerprint density at radius 3 is 2.31 bits per heavy atom. The highest BCUT2D eigenvalue weighted by Gasteiger charge is 2.59. The smallest absolute Gasteiger partial charge is 0.305 e. The summed E-state index contributed by atoms with van der Waals surface area (Å²) in [5.74, 6) is 3.60. The molecule has 0 aromatic carbocycles. The molecule has 5 aliphatic rings. The van der Waals surface area contributed by atoms with Gasteiger partial charge in [-0.15, -0.1) is 0 Å². The van der Waals surface area contributed by atoms with Crippen molar-refractivity contribution in [1.29, 1.82) is 0 Å². The first-order valence-corrected chi connectivity index (χ1v) is 24.0. The number of hydrogen-bond acceptors (Lipinski definition) is 7.